The van der Waals surface area contributed by atoms with E-state index in [1.165, 1.54) is 25.9 Å². The smallest absolute Gasteiger partial charge is 0.422 e. The SMILES string of the molecule is CN=C(NCCCCN1CCC(C)CC1)NCc1ccc(OCC(F)(F)F)cc1.I. The zero-order valence-corrected chi connectivity index (χ0v) is 20.1. The van der Waals surface area contributed by atoms with Gasteiger partial charge in [0.15, 0.2) is 12.6 Å². The number of alkyl halides is 3. The molecule has 0 radical (unpaired) electrons. The molecule has 0 aliphatic carbocycles. The van der Waals surface area contributed by atoms with Gasteiger partial charge in [-0.2, -0.15) is 13.2 Å². The Morgan fingerprint density at radius 2 is 1.80 bits per heavy atom. The molecule has 5 nitrogen and oxygen atoms in total. The third-order valence-corrected chi connectivity index (χ3v) is 5.08. The van der Waals surface area contributed by atoms with Crippen molar-refractivity contribution in [2.75, 3.05) is 39.8 Å². The van der Waals surface area contributed by atoms with Crippen LogP contribution < -0.4 is 15.4 Å². The average Bonchev–Trinajstić information content (AvgIpc) is 2.70. The van der Waals surface area contributed by atoms with Crippen LogP contribution in [0.15, 0.2) is 29.3 Å². The highest BCUT2D eigenvalue weighted by atomic mass is 127. The molecule has 172 valence electrons. The van der Waals surface area contributed by atoms with E-state index in [0.29, 0.717) is 12.5 Å². The highest BCUT2D eigenvalue weighted by Gasteiger charge is 2.28. The van der Waals surface area contributed by atoms with Crippen LogP contribution in [0.3, 0.4) is 0 Å². The Morgan fingerprint density at radius 3 is 2.40 bits per heavy atom. The van der Waals surface area contributed by atoms with Crippen molar-refractivity contribution in [3.05, 3.63) is 29.8 Å². The van der Waals surface area contributed by atoms with Gasteiger partial charge in [0.2, 0.25) is 0 Å². The van der Waals surface area contributed by atoms with E-state index in [1.807, 2.05) is 0 Å². The first-order valence-electron chi connectivity index (χ1n) is 10.3. The molecule has 1 aliphatic heterocycles. The maximum Gasteiger partial charge on any atom is 0.422 e. The van der Waals surface area contributed by atoms with Crippen molar-refractivity contribution in [1.82, 2.24) is 15.5 Å². The molecule has 0 aromatic heterocycles. The van der Waals surface area contributed by atoms with Gasteiger partial charge in [-0.3, -0.25) is 4.99 Å². The Kier molecular flexibility index (Phi) is 12.5. The predicted molar refractivity (Wildman–Crippen MR) is 126 cm³/mol. The molecule has 1 aromatic carbocycles. The van der Waals surface area contributed by atoms with Gasteiger partial charge >= 0.3 is 6.18 Å². The lowest BCUT2D eigenvalue weighted by atomic mass is 9.99. The van der Waals surface area contributed by atoms with Crippen LogP contribution in [-0.2, 0) is 6.54 Å². The Morgan fingerprint density at radius 1 is 1.13 bits per heavy atom. The van der Waals surface area contributed by atoms with Crippen molar-refractivity contribution in [1.29, 1.82) is 0 Å². The van der Waals surface area contributed by atoms with Crippen LogP contribution in [0.1, 0.15) is 38.2 Å². The third kappa shape index (κ3) is 11.2. The summed E-state index contributed by atoms with van der Waals surface area (Å²) in [6.45, 7) is 6.03. The number of guanidine groups is 1. The summed E-state index contributed by atoms with van der Waals surface area (Å²) in [5.41, 5.74) is 0.937. The van der Waals surface area contributed by atoms with Crippen molar-refractivity contribution in [3.8, 4) is 5.75 Å². The van der Waals surface area contributed by atoms with Crippen LogP contribution >= 0.6 is 24.0 Å². The van der Waals surface area contributed by atoms with Gasteiger partial charge in [0.1, 0.15) is 5.75 Å². The fourth-order valence-electron chi connectivity index (χ4n) is 3.23. The van der Waals surface area contributed by atoms with Crippen molar-refractivity contribution in [2.45, 2.75) is 45.3 Å². The normalized spacial score (nSPS) is 16.1. The summed E-state index contributed by atoms with van der Waals surface area (Å²) in [4.78, 5) is 6.76. The zero-order valence-electron chi connectivity index (χ0n) is 17.8. The molecule has 1 aromatic rings. The Hall–Kier alpha value is -1.23. The van der Waals surface area contributed by atoms with E-state index in [-0.39, 0.29) is 29.7 Å². The van der Waals surface area contributed by atoms with Gasteiger partial charge < -0.3 is 20.3 Å². The third-order valence-electron chi connectivity index (χ3n) is 5.08. The molecule has 0 spiro atoms. The van der Waals surface area contributed by atoms with Gasteiger partial charge in [0.25, 0.3) is 0 Å². The van der Waals surface area contributed by atoms with Gasteiger partial charge in [0, 0.05) is 20.1 Å². The lowest BCUT2D eigenvalue weighted by Crippen LogP contribution is -2.38. The number of hydrogen-bond donors (Lipinski definition) is 2. The maximum atomic E-state index is 12.2. The minimum absolute atomic E-state index is 0. The van der Waals surface area contributed by atoms with Gasteiger partial charge in [-0.15, -0.1) is 24.0 Å². The van der Waals surface area contributed by atoms with Gasteiger partial charge in [-0.1, -0.05) is 19.1 Å². The Balaban J connectivity index is 0.00000450. The van der Waals surface area contributed by atoms with Crippen LogP contribution in [-0.4, -0.2) is 56.9 Å². The second kappa shape index (κ2) is 14.0. The van der Waals surface area contributed by atoms with E-state index < -0.39 is 12.8 Å². The van der Waals surface area contributed by atoms with Crippen molar-refractivity contribution in [3.63, 3.8) is 0 Å². The van der Waals surface area contributed by atoms with Crippen LogP contribution in [0.4, 0.5) is 13.2 Å². The minimum Gasteiger partial charge on any atom is -0.484 e. The molecular weight excluding hydrogens is 508 g/mol. The summed E-state index contributed by atoms with van der Waals surface area (Å²) in [5.74, 6) is 1.79. The molecule has 0 bridgehead atoms. The van der Waals surface area contributed by atoms with Gasteiger partial charge in [-0.25, -0.2) is 0 Å². The number of piperidine rings is 1. The Labute approximate surface area is 194 Å². The second-order valence-electron chi connectivity index (χ2n) is 7.63. The predicted octanol–water partition coefficient (Wildman–Crippen LogP) is 4.42. The first kappa shape index (κ1) is 26.8. The number of nitrogens with zero attached hydrogens (tertiary/aromatic N) is 2. The molecule has 0 saturated carbocycles. The first-order valence-corrected chi connectivity index (χ1v) is 10.3. The van der Waals surface area contributed by atoms with Gasteiger partial charge in [-0.05, 0) is 68.9 Å². The standard InChI is InChI=1S/C21H33F3N4O.HI/c1-17-9-13-28(14-10-17)12-4-3-11-26-20(25-2)27-15-18-5-7-19(8-6-18)29-16-21(22,23)24;/h5-8,17H,3-4,9-16H2,1-2H3,(H2,25,26,27);1H. The molecule has 1 heterocycles. The monoisotopic (exact) mass is 542 g/mol. The molecule has 0 unspecified atom stereocenters. The molecule has 1 aliphatic rings. The summed E-state index contributed by atoms with van der Waals surface area (Å²) >= 11 is 0. The summed E-state index contributed by atoms with van der Waals surface area (Å²) < 4.78 is 41.2. The van der Waals surface area contributed by atoms with E-state index in [9.17, 15) is 13.2 Å². The molecule has 2 rings (SSSR count). The lowest BCUT2D eigenvalue weighted by Gasteiger charge is -2.30. The van der Waals surface area contributed by atoms with E-state index in [4.69, 9.17) is 4.74 Å². The summed E-state index contributed by atoms with van der Waals surface area (Å²) in [5, 5.41) is 6.52. The fourth-order valence-corrected chi connectivity index (χ4v) is 3.23. The Bertz CT molecular complexity index is 618. The topological polar surface area (TPSA) is 48.9 Å². The van der Waals surface area contributed by atoms with Crippen molar-refractivity contribution < 1.29 is 17.9 Å². The molecule has 1 fully saturated rings. The fraction of sp³-hybridized carbons (Fsp3) is 0.667. The number of likely N-dealkylation sites (tertiary alicyclic amines) is 1. The number of halogens is 4. The number of nitrogens with one attached hydrogen (secondary N) is 2. The molecule has 30 heavy (non-hydrogen) atoms. The molecule has 2 N–H and O–H groups in total. The highest BCUT2D eigenvalue weighted by Crippen LogP contribution is 2.19. The number of benzene rings is 1. The van der Waals surface area contributed by atoms with Crippen LogP contribution in [0.2, 0.25) is 0 Å². The number of unbranched alkanes of at least 4 members (excludes halogenated alkanes) is 1. The van der Waals surface area contributed by atoms with E-state index >= 15 is 0 Å². The molecule has 0 atom stereocenters. The number of aliphatic imine (C=N–C) groups is 1. The van der Waals surface area contributed by atoms with Gasteiger partial charge in [0.05, 0.1) is 0 Å². The quantitative estimate of drug-likeness (QED) is 0.210. The lowest BCUT2D eigenvalue weighted by molar-refractivity contribution is -0.153. The highest BCUT2D eigenvalue weighted by molar-refractivity contribution is 14.0. The minimum atomic E-state index is -4.33. The summed E-state index contributed by atoms with van der Waals surface area (Å²) in [6, 6.07) is 6.57. The zero-order chi connectivity index (χ0) is 21.1. The largest absolute Gasteiger partial charge is 0.484 e. The van der Waals surface area contributed by atoms with Crippen LogP contribution in [0.25, 0.3) is 0 Å². The van der Waals surface area contributed by atoms with Crippen LogP contribution in [0, 0.1) is 5.92 Å². The van der Waals surface area contributed by atoms with E-state index in [0.717, 1.165) is 37.4 Å². The molecule has 0 amide bonds. The van der Waals surface area contributed by atoms with Crippen molar-refractivity contribution in [2.24, 2.45) is 10.9 Å². The van der Waals surface area contributed by atoms with Crippen LogP contribution in [0.5, 0.6) is 5.75 Å². The van der Waals surface area contributed by atoms with Crippen molar-refractivity contribution >= 4 is 29.9 Å². The molecular formula is C21H34F3IN4O. The van der Waals surface area contributed by atoms with E-state index in [2.05, 4.69) is 27.4 Å². The molecule has 1 saturated heterocycles. The summed E-state index contributed by atoms with van der Waals surface area (Å²) in [7, 11) is 1.72. The second-order valence-corrected chi connectivity index (χ2v) is 7.63. The maximum absolute atomic E-state index is 12.2. The summed E-state index contributed by atoms with van der Waals surface area (Å²) in [6.07, 6.45) is 0.537. The average molecular weight is 542 g/mol. The molecule has 9 heteroatoms. The number of rotatable bonds is 9. The number of ether oxygens (including phenoxy) is 1. The van der Waals surface area contributed by atoms with E-state index in [1.54, 1.807) is 31.3 Å². The first-order chi connectivity index (χ1) is 13.9. The number of hydrogen-bond acceptors (Lipinski definition) is 3.